The number of hydrogen-bond acceptors (Lipinski definition) is 5. The molecule has 2 aromatic rings. The summed E-state index contributed by atoms with van der Waals surface area (Å²) < 4.78 is 5.23. The smallest absolute Gasteiger partial charge is 0.276 e. The highest BCUT2D eigenvalue weighted by molar-refractivity contribution is 5.96. The summed E-state index contributed by atoms with van der Waals surface area (Å²) in [7, 11) is 0. The number of nitrogens with one attached hydrogen (secondary N) is 3. The second-order valence-electron chi connectivity index (χ2n) is 5.55. The Balaban J connectivity index is 1.71. The first-order chi connectivity index (χ1) is 13.0. The highest BCUT2D eigenvalue weighted by atomic mass is 16.5. The van der Waals surface area contributed by atoms with Crippen LogP contribution in [0.25, 0.3) is 0 Å². The highest BCUT2D eigenvalue weighted by Crippen LogP contribution is 2.15. The van der Waals surface area contributed by atoms with Crippen molar-refractivity contribution in [2.75, 3.05) is 13.2 Å². The molecule has 0 saturated heterocycles. The van der Waals surface area contributed by atoms with Crippen LogP contribution in [0.3, 0.4) is 0 Å². The van der Waals surface area contributed by atoms with E-state index >= 15 is 0 Å². The maximum absolute atomic E-state index is 11.9. The van der Waals surface area contributed by atoms with Gasteiger partial charge in [0, 0.05) is 5.56 Å². The lowest BCUT2D eigenvalue weighted by Crippen LogP contribution is -2.47. The van der Waals surface area contributed by atoms with Crippen molar-refractivity contribution >= 4 is 17.7 Å². The molecule has 2 rings (SSSR count). The summed E-state index contributed by atoms with van der Waals surface area (Å²) in [6.07, 6.45) is 0. The number of ether oxygens (including phenoxy) is 1. The van der Waals surface area contributed by atoms with Gasteiger partial charge in [-0.15, -0.1) is 0 Å². The second kappa shape index (κ2) is 9.58. The average Bonchev–Trinajstić information content (AvgIpc) is 2.69. The van der Waals surface area contributed by atoms with E-state index in [-0.39, 0.29) is 18.9 Å². The number of carbonyl (C=O) groups excluding carboxylic acids is 3. The van der Waals surface area contributed by atoms with Crippen molar-refractivity contribution < 1.29 is 19.1 Å². The van der Waals surface area contributed by atoms with E-state index in [2.05, 4.69) is 16.2 Å². The molecule has 138 valence electrons. The molecule has 0 saturated carbocycles. The molecule has 0 heterocycles. The van der Waals surface area contributed by atoms with Crippen molar-refractivity contribution in [3.63, 3.8) is 0 Å². The fraction of sp³-hybridized carbons (Fsp3) is 0.158. The summed E-state index contributed by atoms with van der Waals surface area (Å²) in [4.78, 5) is 35.3. The number of hydrogen-bond donors (Lipinski definition) is 3. The molecule has 0 aliphatic rings. The van der Waals surface area contributed by atoms with Crippen LogP contribution in [0.4, 0.5) is 0 Å². The Morgan fingerprint density at radius 2 is 1.78 bits per heavy atom. The molecule has 0 aromatic heterocycles. The van der Waals surface area contributed by atoms with Gasteiger partial charge in [0.25, 0.3) is 17.7 Å². The van der Waals surface area contributed by atoms with Crippen molar-refractivity contribution in [3.8, 4) is 11.8 Å². The molecule has 0 atom stereocenters. The van der Waals surface area contributed by atoms with E-state index in [0.29, 0.717) is 11.1 Å². The summed E-state index contributed by atoms with van der Waals surface area (Å²) in [5.74, 6) is -1.33. The van der Waals surface area contributed by atoms with Crippen LogP contribution < -0.4 is 20.9 Å². The molecule has 0 bridgehead atoms. The number of nitriles is 1. The number of amides is 3. The molecular formula is C19H18N4O4. The molecule has 0 radical (unpaired) electrons. The molecule has 3 N–H and O–H groups in total. The minimum Gasteiger partial charge on any atom is -0.482 e. The van der Waals surface area contributed by atoms with Crippen LogP contribution in [0.15, 0.2) is 48.5 Å². The van der Waals surface area contributed by atoms with Gasteiger partial charge in [-0.3, -0.25) is 25.2 Å². The van der Waals surface area contributed by atoms with E-state index in [4.69, 9.17) is 10.00 Å². The summed E-state index contributed by atoms with van der Waals surface area (Å²) in [6.45, 7) is 1.18. The van der Waals surface area contributed by atoms with Crippen molar-refractivity contribution in [1.82, 2.24) is 16.2 Å². The maximum Gasteiger partial charge on any atom is 0.276 e. The molecule has 0 spiro atoms. The maximum atomic E-state index is 11.9. The quantitative estimate of drug-likeness (QED) is 0.654. The van der Waals surface area contributed by atoms with E-state index in [1.165, 1.54) is 0 Å². The predicted molar refractivity (Wildman–Crippen MR) is 96.4 cm³/mol. The van der Waals surface area contributed by atoms with Gasteiger partial charge in [0.2, 0.25) is 0 Å². The Morgan fingerprint density at radius 3 is 2.52 bits per heavy atom. The van der Waals surface area contributed by atoms with Gasteiger partial charge >= 0.3 is 0 Å². The largest absolute Gasteiger partial charge is 0.482 e. The molecule has 27 heavy (non-hydrogen) atoms. The Morgan fingerprint density at radius 1 is 1.04 bits per heavy atom. The Bertz CT molecular complexity index is 889. The number of nitrogens with zero attached hydrogens (tertiary/aromatic N) is 1. The Hall–Kier alpha value is -3.86. The fourth-order valence-corrected chi connectivity index (χ4v) is 2.10. The lowest BCUT2D eigenvalue weighted by atomic mass is 10.1. The van der Waals surface area contributed by atoms with E-state index in [0.717, 1.165) is 5.56 Å². The van der Waals surface area contributed by atoms with Gasteiger partial charge in [-0.2, -0.15) is 5.26 Å². The molecule has 8 nitrogen and oxygen atoms in total. The van der Waals surface area contributed by atoms with Crippen LogP contribution >= 0.6 is 0 Å². The number of aryl methyl sites for hydroxylation is 1. The Kier molecular flexibility index (Phi) is 6.91. The number of hydrazine groups is 1. The molecule has 0 unspecified atom stereocenters. The molecule has 0 aliphatic heterocycles. The SMILES string of the molecule is Cc1cccc(C(=O)NCC(=O)NNC(=O)COc2ccccc2C#N)c1. The minimum absolute atomic E-state index is 0.270. The first-order valence-corrected chi connectivity index (χ1v) is 8.04. The summed E-state index contributed by atoms with van der Waals surface area (Å²) in [5.41, 5.74) is 6.00. The molecule has 8 heteroatoms. The first-order valence-electron chi connectivity index (χ1n) is 8.04. The van der Waals surface area contributed by atoms with Crippen molar-refractivity contribution in [2.45, 2.75) is 6.92 Å². The summed E-state index contributed by atoms with van der Waals surface area (Å²) in [5, 5.41) is 11.4. The van der Waals surface area contributed by atoms with Crippen LogP contribution in [0.5, 0.6) is 5.75 Å². The third-order valence-electron chi connectivity index (χ3n) is 3.40. The van der Waals surface area contributed by atoms with Gasteiger partial charge in [-0.05, 0) is 31.2 Å². The van der Waals surface area contributed by atoms with Crippen LogP contribution in [0.1, 0.15) is 21.5 Å². The van der Waals surface area contributed by atoms with Crippen LogP contribution in [-0.4, -0.2) is 30.9 Å². The minimum atomic E-state index is -0.610. The van der Waals surface area contributed by atoms with Crippen LogP contribution in [0, 0.1) is 18.3 Å². The number of benzene rings is 2. The van der Waals surface area contributed by atoms with Gasteiger partial charge in [0.15, 0.2) is 6.61 Å². The van der Waals surface area contributed by atoms with Gasteiger partial charge < -0.3 is 10.1 Å². The second-order valence-corrected chi connectivity index (χ2v) is 5.55. The van der Waals surface area contributed by atoms with Crippen molar-refractivity contribution in [2.24, 2.45) is 0 Å². The van der Waals surface area contributed by atoms with E-state index in [1.807, 2.05) is 19.1 Å². The molecule has 3 amide bonds. The topological polar surface area (TPSA) is 120 Å². The average molecular weight is 366 g/mol. The third-order valence-corrected chi connectivity index (χ3v) is 3.40. The van der Waals surface area contributed by atoms with Crippen molar-refractivity contribution in [3.05, 3.63) is 65.2 Å². The highest BCUT2D eigenvalue weighted by Gasteiger charge is 2.10. The summed E-state index contributed by atoms with van der Waals surface area (Å²) in [6, 6.07) is 15.4. The standard InChI is InChI=1S/C19H18N4O4/c1-13-5-4-7-14(9-13)19(26)21-11-17(24)22-23-18(25)12-27-16-8-3-2-6-15(16)10-20/h2-9H,11-12H2,1H3,(H,21,26)(H,22,24)(H,23,25). The van der Waals surface area contributed by atoms with Gasteiger partial charge in [0.1, 0.15) is 11.8 Å². The molecule has 0 fully saturated rings. The van der Waals surface area contributed by atoms with Crippen LogP contribution in [-0.2, 0) is 9.59 Å². The monoisotopic (exact) mass is 366 g/mol. The van der Waals surface area contributed by atoms with Gasteiger partial charge in [-0.25, -0.2) is 0 Å². The van der Waals surface area contributed by atoms with Crippen molar-refractivity contribution in [1.29, 1.82) is 5.26 Å². The summed E-state index contributed by atoms with van der Waals surface area (Å²) >= 11 is 0. The predicted octanol–water partition coefficient (Wildman–Crippen LogP) is 0.823. The fourth-order valence-electron chi connectivity index (χ4n) is 2.10. The molecule has 2 aromatic carbocycles. The third kappa shape index (κ3) is 6.17. The van der Waals surface area contributed by atoms with Crippen LogP contribution in [0.2, 0.25) is 0 Å². The molecular weight excluding hydrogens is 348 g/mol. The van der Waals surface area contributed by atoms with E-state index in [1.54, 1.807) is 42.5 Å². The normalized spacial score (nSPS) is 9.63. The zero-order chi connectivity index (χ0) is 19.6. The van der Waals surface area contributed by atoms with E-state index in [9.17, 15) is 14.4 Å². The van der Waals surface area contributed by atoms with Gasteiger partial charge in [-0.1, -0.05) is 29.8 Å². The first kappa shape index (κ1) is 19.5. The van der Waals surface area contributed by atoms with Gasteiger partial charge in [0.05, 0.1) is 12.1 Å². The number of carbonyl (C=O) groups is 3. The molecule has 0 aliphatic carbocycles. The lowest BCUT2D eigenvalue weighted by molar-refractivity contribution is -0.129. The lowest BCUT2D eigenvalue weighted by Gasteiger charge is -2.10. The zero-order valence-corrected chi connectivity index (χ0v) is 14.6. The van der Waals surface area contributed by atoms with E-state index < -0.39 is 17.7 Å². The zero-order valence-electron chi connectivity index (χ0n) is 14.6. The Labute approximate surface area is 156 Å². The number of para-hydroxylation sites is 1. The number of rotatable bonds is 6.